The number of halogens is 1. The third-order valence-electron chi connectivity index (χ3n) is 5.33. The Labute approximate surface area is 183 Å². The Hall–Kier alpha value is -2.12. The van der Waals surface area contributed by atoms with Crippen molar-refractivity contribution in [2.45, 2.75) is 39.2 Å². The van der Waals surface area contributed by atoms with Crippen molar-refractivity contribution in [3.05, 3.63) is 34.9 Å². The summed E-state index contributed by atoms with van der Waals surface area (Å²) in [4.78, 5) is 39.7. The van der Waals surface area contributed by atoms with Crippen LogP contribution in [0.2, 0.25) is 5.02 Å². The summed E-state index contributed by atoms with van der Waals surface area (Å²) >= 11 is 5.87. The number of amides is 3. The lowest BCUT2D eigenvalue weighted by Gasteiger charge is -2.35. The molecule has 3 amide bonds. The first-order valence-corrected chi connectivity index (χ1v) is 10.8. The monoisotopic (exact) mass is 437 g/mol. The molecule has 1 aliphatic rings. The molecular formula is C22H32ClN3O4. The van der Waals surface area contributed by atoms with Crippen LogP contribution in [0.25, 0.3) is 0 Å². The Bertz CT molecular complexity index is 716. The van der Waals surface area contributed by atoms with Gasteiger partial charge in [0.15, 0.2) is 0 Å². The number of hydrogen-bond donors (Lipinski definition) is 2. The van der Waals surface area contributed by atoms with Crippen molar-refractivity contribution in [2.24, 2.45) is 11.8 Å². The van der Waals surface area contributed by atoms with E-state index >= 15 is 0 Å². The average Bonchev–Trinajstić information content (AvgIpc) is 2.74. The second-order valence-corrected chi connectivity index (χ2v) is 8.38. The van der Waals surface area contributed by atoms with E-state index in [0.29, 0.717) is 49.7 Å². The SMILES string of the molecule is COCCCNC(=O)C1CCN(C(=O)C(NC(=O)c2ccc(Cl)cc2)C(C)C)CC1. The molecule has 1 fully saturated rings. The summed E-state index contributed by atoms with van der Waals surface area (Å²) in [7, 11) is 1.64. The van der Waals surface area contributed by atoms with Gasteiger partial charge in [0.05, 0.1) is 0 Å². The maximum absolute atomic E-state index is 13.1. The Morgan fingerprint density at radius 2 is 1.80 bits per heavy atom. The first-order valence-electron chi connectivity index (χ1n) is 10.4. The van der Waals surface area contributed by atoms with Gasteiger partial charge in [-0.3, -0.25) is 14.4 Å². The second kappa shape index (κ2) is 11.9. The van der Waals surface area contributed by atoms with Crippen molar-refractivity contribution in [2.75, 3.05) is 33.4 Å². The number of likely N-dealkylation sites (tertiary alicyclic amines) is 1. The largest absolute Gasteiger partial charge is 0.385 e. The fourth-order valence-corrected chi connectivity index (χ4v) is 3.60. The van der Waals surface area contributed by atoms with Crippen LogP contribution in [0.15, 0.2) is 24.3 Å². The molecule has 1 heterocycles. The quantitative estimate of drug-likeness (QED) is 0.581. The van der Waals surface area contributed by atoms with Crippen molar-refractivity contribution < 1.29 is 19.1 Å². The maximum Gasteiger partial charge on any atom is 0.251 e. The number of rotatable bonds is 9. The van der Waals surface area contributed by atoms with Gasteiger partial charge in [-0.2, -0.15) is 0 Å². The number of methoxy groups -OCH3 is 1. The van der Waals surface area contributed by atoms with E-state index in [1.807, 2.05) is 13.8 Å². The topological polar surface area (TPSA) is 87.7 Å². The predicted molar refractivity (Wildman–Crippen MR) is 116 cm³/mol. The Kier molecular flexibility index (Phi) is 9.59. The van der Waals surface area contributed by atoms with Gasteiger partial charge >= 0.3 is 0 Å². The number of piperidine rings is 1. The zero-order valence-corrected chi connectivity index (χ0v) is 18.7. The number of carbonyl (C=O) groups excluding carboxylic acids is 3. The van der Waals surface area contributed by atoms with Crippen molar-refractivity contribution >= 4 is 29.3 Å². The molecule has 1 atom stereocenters. The second-order valence-electron chi connectivity index (χ2n) is 7.94. The van der Waals surface area contributed by atoms with E-state index in [-0.39, 0.29) is 29.6 Å². The fourth-order valence-electron chi connectivity index (χ4n) is 3.47. The molecule has 1 unspecified atom stereocenters. The zero-order valence-electron chi connectivity index (χ0n) is 17.9. The van der Waals surface area contributed by atoms with Crippen LogP contribution < -0.4 is 10.6 Å². The first-order chi connectivity index (χ1) is 14.3. The minimum atomic E-state index is -0.618. The molecule has 0 bridgehead atoms. The van der Waals surface area contributed by atoms with Gasteiger partial charge in [0.1, 0.15) is 6.04 Å². The molecule has 8 heteroatoms. The Morgan fingerprint density at radius 1 is 1.17 bits per heavy atom. The minimum absolute atomic E-state index is 0.0367. The minimum Gasteiger partial charge on any atom is -0.385 e. The number of ether oxygens (including phenoxy) is 1. The molecule has 7 nitrogen and oxygen atoms in total. The summed E-state index contributed by atoms with van der Waals surface area (Å²) in [5, 5.41) is 6.34. The molecule has 0 radical (unpaired) electrons. The van der Waals surface area contributed by atoms with Crippen LogP contribution in [-0.4, -0.2) is 62.0 Å². The molecule has 1 aliphatic heterocycles. The highest BCUT2D eigenvalue weighted by Crippen LogP contribution is 2.20. The molecule has 2 N–H and O–H groups in total. The van der Waals surface area contributed by atoms with Crippen molar-refractivity contribution in [3.63, 3.8) is 0 Å². The molecule has 2 rings (SSSR count). The molecule has 166 valence electrons. The van der Waals surface area contributed by atoms with E-state index in [4.69, 9.17) is 16.3 Å². The standard InChI is InChI=1S/C22H32ClN3O4/c1-15(2)19(25-21(28)16-5-7-18(23)8-6-16)22(29)26-12-9-17(10-13-26)20(27)24-11-4-14-30-3/h5-8,15,17,19H,4,9-14H2,1-3H3,(H,24,27)(H,25,28). The summed E-state index contributed by atoms with van der Waals surface area (Å²) in [6.45, 7) is 6.05. The number of nitrogens with zero attached hydrogens (tertiary/aromatic N) is 1. The fraction of sp³-hybridized carbons (Fsp3) is 0.591. The van der Waals surface area contributed by atoms with Crippen molar-refractivity contribution in [3.8, 4) is 0 Å². The van der Waals surface area contributed by atoms with Gasteiger partial charge in [-0.05, 0) is 49.4 Å². The van der Waals surface area contributed by atoms with Gasteiger partial charge in [0.25, 0.3) is 5.91 Å². The van der Waals surface area contributed by atoms with Gasteiger partial charge in [-0.15, -0.1) is 0 Å². The summed E-state index contributed by atoms with van der Waals surface area (Å²) < 4.78 is 4.98. The number of benzene rings is 1. The molecule has 0 saturated carbocycles. The smallest absolute Gasteiger partial charge is 0.251 e. The molecule has 0 aromatic heterocycles. The third kappa shape index (κ3) is 6.99. The van der Waals surface area contributed by atoms with Crippen LogP contribution in [0.3, 0.4) is 0 Å². The molecule has 1 aromatic rings. The molecular weight excluding hydrogens is 406 g/mol. The highest BCUT2D eigenvalue weighted by molar-refractivity contribution is 6.30. The van der Waals surface area contributed by atoms with Gasteiger partial charge in [-0.1, -0.05) is 25.4 Å². The molecule has 0 spiro atoms. The Balaban J connectivity index is 1.88. The van der Waals surface area contributed by atoms with Gasteiger partial charge in [-0.25, -0.2) is 0 Å². The van der Waals surface area contributed by atoms with E-state index in [1.54, 1.807) is 36.3 Å². The highest BCUT2D eigenvalue weighted by atomic mass is 35.5. The average molecular weight is 438 g/mol. The lowest BCUT2D eigenvalue weighted by molar-refractivity contribution is -0.138. The van der Waals surface area contributed by atoms with Crippen LogP contribution >= 0.6 is 11.6 Å². The first kappa shape index (κ1) is 24.2. The van der Waals surface area contributed by atoms with Gasteiger partial charge in [0.2, 0.25) is 11.8 Å². The van der Waals surface area contributed by atoms with Crippen LogP contribution in [0.4, 0.5) is 0 Å². The van der Waals surface area contributed by atoms with E-state index in [0.717, 1.165) is 6.42 Å². The van der Waals surface area contributed by atoms with Crippen molar-refractivity contribution in [1.29, 1.82) is 0 Å². The summed E-state index contributed by atoms with van der Waals surface area (Å²) in [6.07, 6.45) is 2.03. The van der Waals surface area contributed by atoms with E-state index in [1.165, 1.54) is 0 Å². The molecule has 1 aromatic carbocycles. The third-order valence-corrected chi connectivity index (χ3v) is 5.58. The predicted octanol–water partition coefficient (Wildman–Crippen LogP) is 2.49. The van der Waals surface area contributed by atoms with Crippen LogP contribution in [0.5, 0.6) is 0 Å². The lowest BCUT2D eigenvalue weighted by atomic mass is 9.94. The van der Waals surface area contributed by atoms with E-state index in [2.05, 4.69) is 10.6 Å². The summed E-state index contributed by atoms with van der Waals surface area (Å²) in [6, 6.07) is 5.95. The zero-order chi connectivity index (χ0) is 22.1. The molecule has 30 heavy (non-hydrogen) atoms. The van der Waals surface area contributed by atoms with Gasteiger partial charge < -0.3 is 20.3 Å². The van der Waals surface area contributed by atoms with E-state index in [9.17, 15) is 14.4 Å². The van der Waals surface area contributed by atoms with Crippen LogP contribution in [-0.2, 0) is 14.3 Å². The van der Waals surface area contributed by atoms with Crippen LogP contribution in [0.1, 0.15) is 43.5 Å². The number of carbonyl (C=O) groups is 3. The number of hydrogen-bond acceptors (Lipinski definition) is 4. The lowest BCUT2D eigenvalue weighted by Crippen LogP contribution is -2.53. The normalized spacial score (nSPS) is 15.7. The van der Waals surface area contributed by atoms with E-state index < -0.39 is 6.04 Å². The highest BCUT2D eigenvalue weighted by Gasteiger charge is 2.33. The van der Waals surface area contributed by atoms with Gasteiger partial charge in [0, 0.05) is 49.9 Å². The maximum atomic E-state index is 13.1. The summed E-state index contributed by atoms with van der Waals surface area (Å²) in [5.74, 6) is -0.515. The summed E-state index contributed by atoms with van der Waals surface area (Å²) in [5.41, 5.74) is 0.460. The van der Waals surface area contributed by atoms with Crippen molar-refractivity contribution in [1.82, 2.24) is 15.5 Å². The Morgan fingerprint density at radius 3 is 2.37 bits per heavy atom. The molecule has 1 saturated heterocycles. The van der Waals surface area contributed by atoms with Crippen LogP contribution in [0, 0.1) is 11.8 Å². The molecule has 0 aliphatic carbocycles. The number of nitrogens with one attached hydrogen (secondary N) is 2.